The van der Waals surface area contributed by atoms with Gasteiger partial charge in [0.15, 0.2) is 0 Å². The van der Waals surface area contributed by atoms with Crippen LogP contribution in [0.25, 0.3) is 0 Å². The molecular weight excluding hydrogens is 134 g/mol. The third-order valence-corrected chi connectivity index (χ3v) is 2.03. The molecule has 0 aromatic carbocycles. The van der Waals surface area contributed by atoms with Gasteiger partial charge in [-0.3, -0.25) is 0 Å². The van der Waals surface area contributed by atoms with Gasteiger partial charge < -0.3 is 5.32 Å². The van der Waals surface area contributed by atoms with Gasteiger partial charge in [0.05, 0.1) is 0 Å². The molecule has 1 aliphatic rings. The summed E-state index contributed by atoms with van der Waals surface area (Å²) >= 11 is 0. The molecule has 0 aromatic heterocycles. The van der Waals surface area contributed by atoms with Crippen LogP contribution in [0, 0.1) is 5.92 Å². The molecule has 0 spiro atoms. The molecule has 1 nitrogen and oxygen atoms in total. The third-order valence-electron chi connectivity index (χ3n) is 2.03. The Labute approximate surface area is 69.2 Å². The Morgan fingerprint density at radius 2 is 2.18 bits per heavy atom. The number of nitrogens with one attached hydrogen (secondary N) is 1. The molecule has 1 N–H and O–H groups in total. The van der Waals surface area contributed by atoms with Gasteiger partial charge in [-0.15, -0.1) is 0 Å². The summed E-state index contributed by atoms with van der Waals surface area (Å²) in [6.07, 6.45) is 9.77. The van der Waals surface area contributed by atoms with E-state index in [0.29, 0.717) is 6.04 Å². The van der Waals surface area contributed by atoms with Crippen LogP contribution in [-0.4, -0.2) is 12.6 Å². The van der Waals surface area contributed by atoms with Gasteiger partial charge in [0.25, 0.3) is 0 Å². The molecular formula is C10H17N. The molecule has 0 unspecified atom stereocenters. The van der Waals surface area contributed by atoms with Crippen LogP contribution in [0.5, 0.6) is 0 Å². The fourth-order valence-electron chi connectivity index (χ4n) is 1.41. The summed E-state index contributed by atoms with van der Waals surface area (Å²) in [5, 5.41) is 3.44. The van der Waals surface area contributed by atoms with Crippen LogP contribution in [-0.2, 0) is 0 Å². The Morgan fingerprint density at radius 3 is 2.73 bits per heavy atom. The minimum absolute atomic E-state index is 0.612. The van der Waals surface area contributed by atoms with Crippen LogP contribution in [0.15, 0.2) is 24.3 Å². The van der Waals surface area contributed by atoms with Crippen molar-refractivity contribution >= 4 is 0 Å². The minimum Gasteiger partial charge on any atom is -0.310 e. The van der Waals surface area contributed by atoms with Crippen LogP contribution in [0.4, 0.5) is 0 Å². The zero-order valence-electron chi connectivity index (χ0n) is 7.38. The Bertz CT molecular complexity index is 158. The molecule has 0 saturated carbocycles. The topological polar surface area (TPSA) is 12.0 Å². The monoisotopic (exact) mass is 151 g/mol. The Morgan fingerprint density at radius 1 is 1.36 bits per heavy atom. The van der Waals surface area contributed by atoms with E-state index in [9.17, 15) is 0 Å². The van der Waals surface area contributed by atoms with Gasteiger partial charge in [0.1, 0.15) is 0 Å². The van der Waals surface area contributed by atoms with Crippen molar-refractivity contribution in [2.45, 2.75) is 26.3 Å². The maximum Gasteiger partial charge on any atom is 0.0256 e. The molecule has 11 heavy (non-hydrogen) atoms. The molecule has 1 rings (SSSR count). The highest BCUT2D eigenvalue weighted by Crippen LogP contribution is 2.13. The van der Waals surface area contributed by atoms with Gasteiger partial charge in [-0.2, -0.15) is 0 Å². The predicted octanol–water partition coefficient (Wildman–Crippen LogP) is 2.12. The smallest absolute Gasteiger partial charge is 0.0256 e. The third kappa shape index (κ3) is 2.89. The zero-order chi connectivity index (χ0) is 8.10. The largest absolute Gasteiger partial charge is 0.310 e. The van der Waals surface area contributed by atoms with E-state index >= 15 is 0 Å². The summed E-state index contributed by atoms with van der Waals surface area (Å²) in [4.78, 5) is 0. The van der Waals surface area contributed by atoms with E-state index in [0.717, 1.165) is 5.92 Å². The van der Waals surface area contributed by atoms with Crippen molar-refractivity contribution < 1.29 is 0 Å². The predicted molar refractivity (Wildman–Crippen MR) is 49.5 cm³/mol. The quantitative estimate of drug-likeness (QED) is 0.596. The highest BCUT2D eigenvalue weighted by molar-refractivity contribution is 5.07. The molecule has 1 saturated heterocycles. The first-order valence-electron chi connectivity index (χ1n) is 4.36. The summed E-state index contributed by atoms with van der Waals surface area (Å²) < 4.78 is 0. The van der Waals surface area contributed by atoms with E-state index in [1.165, 1.54) is 13.0 Å². The first-order chi connectivity index (χ1) is 5.33. The fourth-order valence-corrected chi connectivity index (χ4v) is 1.41. The van der Waals surface area contributed by atoms with E-state index in [1.54, 1.807) is 0 Å². The molecule has 62 valence electrons. The summed E-state index contributed by atoms with van der Waals surface area (Å²) in [6, 6.07) is 0.612. The first-order valence-corrected chi connectivity index (χ1v) is 4.36. The van der Waals surface area contributed by atoms with E-state index in [1.807, 2.05) is 6.92 Å². The number of allylic oxidation sites excluding steroid dienone is 3. The van der Waals surface area contributed by atoms with Crippen molar-refractivity contribution in [1.29, 1.82) is 0 Å². The van der Waals surface area contributed by atoms with Crippen molar-refractivity contribution in [2.75, 3.05) is 6.54 Å². The second-order valence-corrected chi connectivity index (χ2v) is 3.27. The van der Waals surface area contributed by atoms with Gasteiger partial charge in [0.2, 0.25) is 0 Å². The standard InChI is InChI=1S/C10H17N/c1-3-4-5-6-10-7-9(2)8-11-10/h3-6,9-11H,7-8H2,1-2H3/b4-3-,6-5-/t9-,10+/m1/s1. The molecule has 0 aromatic rings. The average Bonchev–Trinajstić information content (AvgIpc) is 2.37. The van der Waals surface area contributed by atoms with Crippen LogP contribution in [0.3, 0.4) is 0 Å². The maximum absolute atomic E-state index is 3.44. The van der Waals surface area contributed by atoms with Gasteiger partial charge in [-0.05, 0) is 25.8 Å². The second-order valence-electron chi connectivity index (χ2n) is 3.27. The lowest BCUT2D eigenvalue weighted by atomic mass is 10.1. The van der Waals surface area contributed by atoms with E-state index < -0.39 is 0 Å². The Kier molecular flexibility index (Phi) is 3.37. The van der Waals surface area contributed by atoms with Crippen molar-refractivity contribution in [3.8, 4) is 0 Å². The van der Waals surface area contributed by atoms with Gasteiger partial charge in [0, 0.05) is 6.04 Å². The lowest BCUT2D eigenvalue weighted by Crippen LogP contribution is -2.18. The molecule has 0 aliphatic carbocycles. The minimum atomic E-state index is 0.612. The second kappa shape index (κ2) is 4.35. The molecule has 0 amide bonds. The summed E-state index contributed by atoms with van der Waals surface area (Å²) in [5.74, 6) is 0.843. The van der Waals surface area contributed by atoms with Gasteiger partial charge in [-0.1, -0.05) is 31.2 Å². The molecule has 1 aliphatic heterocycles. The zero-order valence-corrected chi connectivity index (χ0v) is 7.38. The lowest BCUT2D eigenvalue weighted by molar-refractivity contribution is 0.641. The molecule has 0 radical (unpaired) electrons. The average molecular weight is 151 g/mol. The number of hydrogen-bond donors (Lipinski definition) is 1. The normalized spacial score (nSPS) is 32.5. The number of hydrogen-bond acceptors (Lipinski definition) is 1. The molecule has 1 heterocycles. The highest BCUT2D eigenvalue weighted by Gasteiger charge is 2.16. The highest BCUT2D eigenvalue weighted by atomic mass is 14.9. The molecule has 1 fully saturated rings. The van der Waals surface area contributed by atoms with Crippen LogP contribution in [0.1, 0.15) is 20.3 Å². The summed E-state index contributed by atoms with van der Waals surface area (Å²) in [5.41, 5.74) is 0. The summed E-state index contributed by atoms with van der Waals surface area (Å²) in [7, 11) is 0. The van der Waals surface area contributed by atoms with Gasteiger partial charge in [-0.25, -0.2) is 0 Å². The van der Waals surface area contributed by atoms with E-state index in [2.05, 4.69) is 36.5 Å². The maximum atomic E-state index is 3.44. The van der Waals surface area contributed by atoms with E-state index in [-0.39, 0.29) is 0 Å². The lowest BCUT2D eigenvalue weighted by Gasteiger charge is -2.00. The van der Waals surface area contributed by atoms with Crippen molar-refractivity contribution in [1.82, 2.24) is 5.32 Å². The van der Waals surface area contributed by atoms with Crippen molar-refractivity contribution in [3.05, 3.63) is 24.3 Å². The van der Waals surface area contributed by atoms with Crippen molar-refractivity contribution in [3.63, 3.8) is 0 Å². The SMILES string of the molecule is C/C=C\C=C/[C@H]1C[C@@H](C)CN1. The molecule has 1 heteroatoms. The Hall–Kier alpha value is -0.560. The summed E-state index contributed by atoms with van der Waals surface area (Å²) in [6.45, 7) is 5.50. The molecule has 0 bridgehead atoms. The fraction of sp³-hybridized carbons (Fsp3) is 0.600. The Balaban J connectivity index is 2.27. The van der Waals surface area contributed by atoms with Crippen molar-refractivity contribution in [2.24, 2.45) is 5.92 Å². The van der Waals surface area contributed by atoms with Gasteiger partial charge >= 0.3 is 0 Å². The van der Waals surface area contributed by atoms with Crippen LogP contribution >= 0.6 is 0 Å². The van der Waals surface area contributed by atoms with E-state index in [4.69, 9.17) is 0 Å². The number of rotatable bonds is 2. The first kappa shape index (κ1) is 8.54. The van der Waals surface area contributed by atoms with Crippen LogP contribution < -0.4 is 5.32 Å². The molecule has 2 atom stereocenters. The van der Waals surface area contributed by atoms with Crippen LogP contribution in [0.2, 0.25) is 0 Å².